The van der Waals surface area contributed by atoms with E-state index in [-0.39, 0.29) is 0 Å². The van der Waals surface area contributed by atoms with E-state index in [1.54, 1.807) is 12.1 Å². The summed E-state index contributed by atoms with van der Waals surface area (Å²) in [6.07, 6.45) is 5.33. The first-order chi connectivity index (χ1) is 10.2. The molecule has 0 spiro atoms. The number of imidazole rings is 1. The SMILES string of the molecule is CN1Cc2cncn2CC(COc2ccc(C#N)cn2)C1. The topological polar surface area (TPSA) is 67.0 Å². The Kier molecular flexibility index (Phi) is 3.84. The summed E-state index contributed by atoms with van der Waals surface area (Å²) in [5.74, 6) is 0.939. The van der Waals surface area contributed by atoms with Crippen molar-refractivity contribution >= 4 is 0 Å². The smallest absolute Gasteiger partial charge is 0.213 e. The molecule has 6 nitrogen and oxygen atoms in total. The first-order valence-electron chi connectivity index (χ1n) is 6.91. The van der Waals surface area contributed by atoms with Crippen molar-refractivity contribution in [3.8, 4) is 11.9 Å². The number of pyridine rings is 1. The van der Waals surface area contributed by atoms with Gasteiger partial charge in [-0.2, -0.15) is 5.26 Å². The fraction of sp³-hybridized carbons (Fsp3) is 0.400. The molecular formula is C15H17N5O. The molecule has 0 fully saturated rings. The lowest BCUT2D eigenvalue weighted by molar-refractivity contribution is 0.186. The van der Waals surface area contributed by atoms with Crippen LogP contribution in [-0.4, -0.2) is 39.6 Å². The maximum absolute atomic E-state index is 8.75. The minimum absolute atomic E-state index is 0.378. The Morgan fingerprint density at radius 1 is 1.38 bits per heavy atom. The summed E-state index contributed by atoms with van der Waals surface area (Å²) in [5, 5.41) is 8.75. The number of nitriles is 1. The van der Waals surface area contributed by atoms with Crippen LogP contribution < -0.4 is 4.74 Å². The van der Waals surface area contributed by atoms with Crippen molar-refractivity contribution in [2.75, 3.05) is 20.2 Å². The Labute approximate surface area is 123 Å². The summed E-state index contributed by atoms with van der Waals surface area (Å²) < 4.78 is 7.94. The zero-order chi connectivity index (χ0) is 14.7. The molecule has 1 atom stereocenters. The van der Waals surface area contributed by atoms with Crippen molar-refractivity contribution in [1.82, 2.24) is 19.4 Å². The average Bonchev–Trinajstić information content (AvgIpc) is 2.86. The van der Waals surface area contributed by atoms with Gasteiger partial charge in [-0.15, -0.1) is 0 Å². The molecule has 0 aliphatic carbocycles. The van der Waals surface area contributed by atoms with Gasteiger partial charge in [0.15, 0.2) is 0 Å². The second kappa shape index (κ2) is 5.94. The molecule has 3 rings (SSSR count). The molecule has 1 aliphatic heterocycles. The number of ether oxygens (including phenoxy) is 1. The summed E-state index contributed by atoms with van der Waals surface area (Å²) in [6, 6.07) is 5.50. The van der Waals surface area contributed by atoms with Crippen LogP contribution in [-0.2, 0) is 13.1 Å². The molecule has 0 radical (unpaired) electrons. The summed E-state index contributed by atoms with van der Waals surface area (Å²) in [6.45, 7) is 3.38. The summed E-state index contributed by atoms with van der Waals surface area (Å²) in [4.78, 5) is 10.6. The van der Waals surface area contributed by atoms with E-state index in [2.05, 4.69) is 26.5 Å². The zero-order valence-corrected chi connectivity index (χ0v) is 11.9. The van der Waals surface area contributed by atoms with Crippen LogP contribution in [0.25, 0.3) is 0 Å². The summed E-state index contributed by atoms with van der Waals surface area (Å²) in [7, 11) is 2.11. The molecule has 0 N–H and O–H groups in total. The predicted molar refractivity (Wildman–Crippen MR) is 76.5 cm³/mol. The van der Waals surface area contributed by atoms with E-state index >= 15 is 0 Å². The third kappa shape index (κ3) is 3.20. The van der Waals surface area contributed by atoms with Gasteiger partial charge in [0.1, 0.15) is 6.07 Å². The van der Waals surface area contributed by atoms with Gasteiger partial charge in [0.25, 0.3) is 0 Å². The van der Waals surface area contributed by atoms with Crippen LogP contribution in [0.1, 0.15) is 11.3 Å². The maximum atomic E-state index is 8.75. The van der Waals surface area contributed by atoms with Crippen LogP contribution in [0, 0.1) is 17.2 Å². The predicted octanol–water partition coefficient (Wildman–Crippen LogP) is 1.29. The van der Waals surface area contributed by atoms with Crippen LogP contribution in [0.5, 0.6) is 5.88 Å². The van der Waals surface area contributed by atoms with Gasteiger partial charge in [-0.25, -0.2) is 9.97 Å². The van der Waals surface area contributed by atoms with Crippen molar-refractivity contribution in [3.05, 3.63) is 42.1 Å². The second-order valence-electron chi connectivity index (χ2n) is 5.41. The maximum Gasteiger partial charge on any atom is 0.213 e. The highest BCUT2D eigenvalue weighted by Crippen LogP contribution is 2.16. The van der Waals surface area contributed by atoms with E-state index < -0.39 is 0 Å². The number of aromatic nitrogens is 3. The molecule has 0 saturated carbocycles. The molecule has 21 heavy (non-hydrogen) atoms. The highest BCUT2D eigenvalue weighted by atomic mass is 16.5. The van der Waals surface area contributed by atoms with Crippen molar-refractivity contribution in [2.45, 2.75) is 13.1 Å². The highest BCUT2D eigenvalue weighted by molar-refractivity contribution is 5.28. The molecule has 2 aromatic rings. The first-order valence-corrected chi connectivity index (χ1v) is 6.91. The summed E-state index contributed by atoms with van der Waals surface area (Å²) in [5.41, 5.74) is 1.77. The van der Waals surface area contributed by atoms with E-state index in [0.29, 0.717) is 24.0 Å². The van der Waals surface area contributed by atoms with E-state index in [4.69, 9.17) is 10.00 Å². The first kappa shape index (κ1) is 13.6. The Hall–Kier alpha value is -2.39. The van der Waals surface area contributed by atoms with E-state index in [9.17, 15) is 0 Å². The molecule has 0 bridgehead atoms. The Morgan fingerprint density at radius 2 is 2.29 bits per heavy atom. The quantitative estimate of drug-likeness (QED) is 0.849. The van der Waals surface area contributed by atoms with E-state index in [1.807, 2.05) is 18.6 Å². The minimum atomic E-state index is 0.378. The minimum Gasteiger partial charge on any atom is -0.477 e. The number of nitrogens with zero attached hydrogens (tertiary/aromatic N) is 5. The third-order valence-corrected chi connectivity index (χ3v) is 3.59. The Balaban J connectivity index is 1.63. The van der Waals surface area contributed by atoms with Crippen molar-refractivity contribution in [1.29, 1.82) is 5.26 Å². The van der Waals surface area contributed by atoms with Gasteiger partial charge in [-0.3, -0.25) is 0 Å². The molecule has 1 aliphatic rings. The van der Waals surface area contributed by atoms with Crippen LogP contribution in [0.3, 0.4) is 0 Å². The fourth-order valence-corrected chi connectivity index (χ4v) is 2.60. The standard InChI is InChI=1S/C15H17N5O/c1-19-7-13(8-20-11-17-6-14(20)9-19)10-21-15-3-2-12(4-16)5-18-15/h2-3,5-6,11,13H,7-10H2,1H3. The molecule has 2 aromatic heterocycles. The molecule has 1 unspecified atom stereocenters. The van der Waals surface area contributed by atoms with Gasteiger partial charge >= 0.3 is 0 Å². The number of rotatable bonds is 3. The van der Waals surface area contributed by atoms with Crippen LogP contribution in [0.4, 0.5) is 0 Å². The molecule has 3 heterocycles. The van der Waals surface area contributed by atoms with Gasteiger partial charge in [-0.05, 0) is 13.1 Å². The zero-order valence-electron chi connectivity index (χ0n) is 11.9. The van der Waals surface area contributed by atoms with E-state index in [1.165, 1.54) is 11.9 Å². The lowest BCUT2D eigenvalue weighted by Gasteiger charge is -2.19. The van der Waals surface area contributed by atoms with Gasteiger partial charge in [-0.1, -0.05) is 0 Å². The van der Waals surface area contributed by atoms with Gasteiger partial charge in [0, 0.05) is 44.0 Å². The molecule has 0 saturated heterocycles. The second-order valence-corrected chi connectivity index (χ2v) is 5.41. The summed E-state index contributed by atoms with van der Waals surface area (Å²) >= 11 is 0. The van der Waals surface area contributed by atoms with Crippen molar-refractivity contribution in [2.24, 2.45) is 5.92 Å². The highest BCUT2D eigenvalue weighted by Gasteiger charge is 2.20. The van der Waals surface area contributed by atoms with Crippen molar-refractivity contribution in [3.63, 3.8) is 0 Å². The van der Waals surface area contributed by atoms with Gasteiger partial charge in [0.05, 0.1) is 24.2 Å². The van der Waals surface area contributed by atoms with Gasteiger partial charge in [0.2, 0.25) is 5.88 Å². The molecular weight excluding hydrogens is 266 g/mol. The molecule has 0 amide bonds. The van der Waals surface area contributed by atoms with Crippen LogP contribution in [0.15, 0.2) is 30.9 Å². The Morgan fingerprint density at radius 3 is 3.05 bits per heavy atom. The van der Waals surface area contributed by atoms with Gasteiger partial charge < -0.3 is 14.2 Å². The van der Waals surface area contributed by atoms with Crippen LogP contribution in [0.2, 0.25) is 0 Å². The number of hydrogen-bond acceptors (Lipinski definition) is 5. The fourth-order valence-electron chi connectivity index (χ4n) is 2.60. The lowest BCUT2D eigenvalue weighted by Crippen LogP contribution is -2.28. The van der Waals surface area contributed by atoms with Crippen molar-refractivity contribution < 1.29 is 4.74 Å². The largest absolute Gasteiger partial charge is 0.477 e. The average molecular weight is 283 g/mol. The monoisotopic (exact) mass is 283 g/mol. The number of hydrogen-bond donors (Lipinski definition) is 0. The van der Waals surface area contributed by atoms with E-state index in [0.717, 1.165) is 19.6 Å². The van der Waals surface area contributed by atoms with Crippen LogP contribution >= 0.6 is 0 Å². The number of fused-ring (bicyclic) bond motifs is 1. The third-order valence-electron chi connectivity index (χ3n) is 3.59. The lowest BCUT2D eigenvalue weighted by atomic mass is 10.1. The molecule has 6 heteroatoms. The molecule has 0 aromatic carbocycles. The molecule has 108 valence electrons. The normalized spacial score (nSPS) is 18.6. The Bertz CT molecular complexity index is 643.